The highest BCUT2D eigenvalue weighted by Gasteiger charge is 2.47. The average Bonchev–Trinajstić information content (AvgIpc) is 3.40. The molecule has 1 aliphatic carbocycles. The average molecular weight is 445 g/mol. The second kappa shape index (κ2) is 10.5. The van der Waals surface area contributed by atoms with Gasteiger partial charge < -0.3 is 14.7 Å². The summed E-state index contributed by atoms with van der Waals surface area (Å²) in [5, 5.41) is 12.6. The Morgan fingerprint density at radius 3 is 2.24 bits per heavy atom. The summed E-state index contributed by atoms with van der Waals surface area (Å²) in [6.07, 6.45) is 7.03. The molecule has 2 unspecified atom stereocenters. The number of nitrogens with zero attached hydrogens (tertiary/aromatic N) is 2. The molecule has 1 aliphatic rings. The highest BCUT2D eigenvalue weighted by molar-refractivity contribution is 5.65. The molecule has 1 fully saturated rings. The Morgan fingerprint density at radius 1 is 1.00 bits per heavy atom. The van der Waals surface area contributed by atoms with Gasteiger partial charge in [0, 0.05) is 29.8 Å². The topological polar surface area (TPSA) is 45.6 Å². The van der Waals surface area contributed by atoms with Crippen LogP contribution in [0.1, 0.15) is 49.1 Å². The van der Waals surface area contributed by atoms with E-state index in [0.717, 1.165) is 41.6 Å². The Bertz CT molecular complexity index is 1020. The van der Waals surface area contributed by atoms with E-state index in [1.165, 1.54) is 12.8 Å². The lowest BCUT2D eigenvalue weighted by atomic mass is 9.68. The number of aliphatic hydroxyl groups is 1. The lowest BCUT2D eigenvalue weighted by molar-refractivity contribution is -0.0432. The summed E-state index contributed by atoms with van der Waals surface area (Å²) in [4.78, 5) is 6.88. The van der Waals surface area contributed by atoms with Crippen molar-refractivity contribution >= 4 is 0 Å². The Morgan fingerprint density at radius 2 is 1.64 bits per heavy atom. The Hall–Kier alpha value is -2.69. The first-order valence-corrected chi connectivity index (χ1v) is 12.0. The summed E-state index contributed by atoms with van der Waals surface area (Å²) in [6.45, 7) is 0.824. The largest absolute Gasteiger partial charge is 0.481 e. The van der Waals surface area contributed by atoms with E-state index in [0.29, 0.717) is 12.3 Å². The van der Waals surface area contributed by atoms with Crippen molar-refractivity contribution in [3.63, 3.8) is 0 Å². The number of hydrogen-bond acceptors (Lipinski definition) is 4. The third-order valence-electron chi connectivity index (χ3n) is 7.14. The number of benzene rings is 2. The van der Waals surface area contributed by atoms with E-state index in [1.54, 1.807) is 7.11 Å². The minimum atomic E-state index is -0.896. The molecule has 33 heavy (non-hydrogen) atoms. The van der Waals surface area contributed by atoms with E-state index in [1.807, 2.05) is 30.5 Å². The molecule has 0 bridgehead atoms. The minimum Gasteiger partial charge on any atom is -0.481 e. The SMILES string of the molecule is COc1ncc(-c2ccccc2)cc1C(c1ccccc1)C(O)(CCN(C)C)C1CCCC1. The third-order valence-corrected chi connectivity index (χ3v) is 7.14. The van der Waals surface area contributed by atoms with Crippen LogP contribution in [0.2, 0.25) is 0 Å². The number of pyridine rings is 1. The molecule has 0 amide bonds. The molecule has 2 aromatic carbocycles. The first kappa shape index (κ1) is 23.5. The summed E-state index contributed by atoms with van der Waals surface area (Å²) < 4.78 is 5.79. The smallest absolute Gasteiger partial charge is 0.216 e. The molecule has 1 aromatic heterocycles. The van der Waals surface area contributed by atoms with Gasteiger partial charge in [0.25, 0.3) is 0 Å². The van der Waals surface area contributed by atoms with Crippen molar-refractivity contribution in [2.45, 2.75) is 43.6 Å². The van der Waals surface area contributed by atoms with Gasteiger partial charge in [0.15, 0.2) is 0 Å². The molecule has 2 atom stereocenters. The van der Waals surface area contributed by atoms with E-state index in [9.17, 15) is 5.11 Å². The molecule has 174 valence electrons. The molecule has 1 heterocycles. The zero-order valence-electron chi connectivity index (χ0n) is 20.1. The minimum absolute atomic E-state index is 0.229. The number of hydrogen-bond donors (Lipinski definition) is 1. The van der Waals surface area contributed by atoms with Crippen LogP contribution in [0.4, 0.5) is 0 Å². The maximum Gasteiger partial charge on any atom is 0.216 e. The lowest BCUT2D eigenvalue weighted by Crippen LogP contribution is -2.45. The Kier molecular flexibility index (Phi) is 7.46. The van der Waals surface area contributed by atoms with Crippen LogP contribution in [0.15, 0.2) is 72.9 Å². The summed E-state index contributed by atoms with van der Waals surface area (Å²) in [5.41, 5.74) is 3.31. The number of methoxy groups -OCH3 is 1. The monoisotopic (exact) mass is 444 g/mol. The molecule has 0 saturated heterocycles. The summed E-state index contributed by atoms with van der Waals surface area (Å²) in [5.74, 6) is 0.602. The van der Waals surface area contributed by atoms with Crippen molar-refractivity contribution in [3.05, 3.63) is 84.1 Å². The van der Waals surface area contributed by atoms with Crippen molar-refractivity contribution in [2.75, 3.05) is 27.7 Å². The van der Waals surface area contributed by atoms with Crippen molar-refractivity contribution in [1.29, 1.82) is 0 Å². The fourth-order valence-corrected chi connectivity index (χ4v) is 5.43. The molecular formula is C29H36N2O2. The van der Waals surface area contributed by atoms with E-state index in [-0.39, 0.29) is 11.8 Å². The molecule has 1 saturated carbocycles. The molecule has 3 aromatic rings. The van der Waals surface area contributed by atoms with Crippen LogP contribution in [0.3, 0.4) is 0 Å². The van der Waals surface area contributed by atoms with E-state index in [4.69, 9.17) is 9.72 Å². The third kappa shape index (κ3) is 5.13. The van der Waals surface area contributed by atoms with Crippen LogP contribution < -0.4 is 4.74 Å². The second-order valence-corrected chi connectivity index (χ2v) is 9.56. The van der Waals surface area contributed by atoms with Crippen LogP contribution in [-0.2, 0) is 0 Å². The maximum absolute atomic E-state index is 12.6. The molecule has 4 heteroatoms. The van der Waals surface area contributed by atoms with Gasteiger partial charge >= 0.3 is 0 Å². The van der Waals surface area contributed by atoms with Crippen LogP contribution in [0.5, 0.6) is 5.88 Å². The zero-order valence-corrected chi connectivity index (χ0v) is 20.1. The molecule has 0 aliphatic heterocycles. The number of ether oxygens (including phenoxy) is 1. The summed E-state index contributed by atoms with van der Waals surface area (Å²) >= 11 is 0. The standard InChI is InChI=1S/C29H36N2O2/c1-31(2)19-18-29(32,25-16-10-11-17-25)27(23-14-8-5-9-15-23)26-20-24(21-30-28(26)33-3)22-12-6-4-7-13-22/h4-9,12-15,20-21,25,27,32H,10-11,16-19H2,1-3H3. The predicted molar refractivity (Wildman–Crippen MR) is 135 cm³/mol. The van der Waals surface area contributed by atoms with Crippen LogP contribution in [0.25, 0.3) is 11.1 Å². The normalized spacial score (nSPS) is 17.1. The fraction of sp³-hybridized carbons (Fsp3) is 0.414. The van der Waals surface area contributed by atoms with E-state index in [2.05, 4.69) is 61.5 Å². The van der Waals surface area contributed by atoms with Gasteiger partial charge in [0.2, 0.25) is 5.88 Å². The fourth-order valence-electron chi connectivity index (χ4n) is 5.43. The van der Waals surface area contributed by atoms with Crippen molar-refractivity contribution in [2.24, 2.45) is 5.92 Å². The molecule has 1 N–H and O–H groups in total. The zero-order chi connectivity index (χ0) is 23.3. The first-order chi connectivity index (χ1) is 16.0. The molecular weight excluding hydrogens is 408 g/mol. The molecule has 0 radical (unpaired) electrons. The molecule has 4 nitrogen and oxygen atoms in total. The quantitative estimate of drug-likeness (QED) is 0.456. The van der Waals surface area contributed by atoms with Crippen molar-refractivity contribution < 1.29 is 9.84 Å². The Labute approximate surface area is 198 Å². The van der Waals surface area contributed by atoms with Gasteiger partial charge in [0.05, 0.1) is 12.7 Å². The summed E-state index contributed by atoms with van der Waals surface area (Å²) in [7, 11) is 5.82. The van der Waals surface area contributed by atoms with Crippen LogP contribution in [0, 0.1) is 5.92 Å². The number of aromatic nitrogens is 1. The van der Waals surface area contributed by atoms with Gasteiger partial charge in [-0.1, -0.05) is 73.5 Å². The van der Waals surface area contributed by atoms with E-state index >= 15 is 0 Å². The van der Waals surface area contributed by atoms with Gasteiger partial charge in [-0.3, -0.25) is 0 Å². The predicted octanol–water partition coefficient (Wildman–Crippen LogP) is 5.76. The van der Waals surface area contributed by atoms with Crippen LogP contribution in [-0.4, -0.2) is 48.3 Å². The molecule has 0 spiro atoms. The van der Waals surface area contributed by atoms with Gasteiger partial charge in [-0.2, -0.15) is 0 Å². The van der Waals surface area contributed by atoms with Gasteiger partial charge in [-0.05, 0) is 56.5 Å². The van der Waals surface area contributed by atoms with Crippen LogP contribution >= 0.6 is 0 Å². The highest BCUT2D eigenvalue weighted by Crippen LogP contribution is 2.49. The maximum atomic E-state index is 12.6. The first-order valence-electron chi connectivity index (χ1n) is 12.0. The molecule has 4 rings (SSSR count). The van der Waals surface area contributed by atoms with Gasteiger partial charge in [-0.15, -0.1) is 0 Å². The van der Waals surface area contributed by atoms with Gasteiger partial charge in [-0.25, -0.2) is 4.98 Å². The van der Waals surface area contributed by atoms with Crippen molar-refractivity contribution in [1.82, 2.24) is 9.88 Å². The lowest BCUT2D eigenvalue weighted by Gasteiger charge is -2.42. The second-order valence-electron chi connectivity index (χ2n) is 9.56. The van der Waals surface area contributed by atoms with Crippen molar-refractivity contribution in [3.8, 4) is 17.0 Å². The van der Waals surface area contributed by atoms with Gasteiger partial charge in [0.1, 0.15) is 0 Å². The highest BCUT2D eigenvalue weighted by atomic mass is 16.5. The number of rotatable bonds is 9. The Balaban J connectivity index is 1.90. The summed E-state index contributed by atoms with van der Waals surface area (Å²) in [6, 6.07) is 22.9. The van der Waals surface area contributed by atoms with E-state index < -0.39 is 5.60 Å².